The molecule has 0 unspecified atom stereocenters. The summed E-state index contributed by atoms with van der Waals surface area (Å²) in [4.78, 5) is 0. The Balaban J connectivity index is 2.15. The van der Waals surface area contributed by atoms with E-state index in [-0.39, 0.29) is 0 Å². The van der Waals surface area contributed by atoms with Crippen molar-refractivity contribution in [1.82, 2.24) is 0 Å². The zero-order chi connectivity index (χ0) is 10.1. The van der Waals surface area contributed by atoms with E-state index in [9.17, 15) is 0 Å². The molecule has 14 heavy (non-hydrogen) atoms. The summed E-state index contributed by atoms with van der Waals surface area (Å²) in [6.45, 7) is 1.52. The zero-order valence-electron chi connectivity index (χ0n) is 8.16. The van der Waals surface area contributed by atoms with Crippen LogP contribution in [-0.4, -0.2) is 18.5 Å². The molecule has 2 heteroatoms. The third kappa shape index (κ3) is 5.20. The fraction of sp³-hybridized carbons (Fsp3) is 0.333. The van der Waals surface area contributed by atoms with Gasteiger partial charge in [-0.25, -0.2) is 0 Å². The van der Waals surface area contributed by atoms with E-state index in [0.717, 1.165) is 18.4 Å². The lowest BCUT2D eigenvalue weighted by Crippen LogP contribution is -1.94. The first kappa shape index (κ1) is 11.5. The maximum atomic E-state index is 5.38. The summed E-state index contributed by atoms with van der Waals surface area (Å²) in [6, 6.07) is 10.2. The van der Waals surface area contributed by atoms with Crippen molar-refractivity contribution in [3.05, 3.63) is 42.0 Å². The molecule has 1 rings (SSSR count). The topological polar surface area (TPSA) is 9.23 Å². The van der Waals surface area contributed by atoms with Crippen molar-refractivity contribution in [2.45, 2.75) is 6.42 Å². The molecule has 0 amide bonds. The summed E-state index contributed by atoms with van der Waals surface area (Å²) in [7, 11) is 0. The maximum Gasteiger partial charge on any atom is 0.0650 e. The molecule has 0 saturated heterocycles. The van der Waals surface area contributed by atoms with Crippen LogP contribution in [0.4, 0.5) is 0 Å². The predicted molar refractivity (Wildman–Crippen MR) is 64.7 cm³/mol. The SMILES string of the molecule is BrCCCOC/C=C/c1ccccc1. The number of hydrogen-bond donors (Lipinski definition) is 0. The van der Waals surface area contributed by atoms with E-state index < -0.39 is 0 Å². The number of alkyl halides is 1. The van der Waals surface area contributed by atoms with Crippen molar-refractivity contribution in [3.63, 3.8) is 0 Å². The van der Waals surface area contributed by atoms with Crippen LogP contribution < -0.4 is 0 Å². The highest BCUT2D eigenvalue weighted by Gasteiger charge is 1.84. The third-order valence-corrected chi connectivity index (χ3v) is 2.31. The average molecular weight is 255 g/mol. The number of halogens is 1. The largest absolute Gasteiger partial charge is 0.377 e. The molecule has 1 aromatic carbocycles. The molecule has 0 aliphatic carbocycles. The van der Waals surface area contributed by atoms with Gasteiger partial charge in [0.15, 0.2) is 0 Å². The second-order valence-corrected chi connectivity index (χ2v) is 3.72. The highest BCUT2D eigenvalue weighted by molar-refractivity contribution is 9.09. The fourth-order valence-electron chi connectivity index (χ4n) is 1.06. The molecule has 76 valence electrons. The Morgan fingerprint density at radius 2 is 2.00 bits per heavy atom. The lowest BCUT2D eigenvalue weighted by atomic mass is 10.2. The van der Waals surface area contributed by atoms with Crippen molar-refractivity contribution in [1.29, 1.82) is 0 Å². The minimum Gasteiger partial charge on any atom is -0.377 e. The molecule has 0 aromatic heterocycles. The Labute approximate surface area is 93.9 Å². The van der Waals surface area contributed by atoms with Gasteiger partial charge in [0.25, 0.3) is 0 Å². The van der Waals surface area contributed by atoms with Gasteiger partial charge < -0.3 is 4.74 Å². The molecular formula is C12H15BrO. The van der Waals surface area contributed by atoms with Gasteiger partial charge in [-0.15, -0.1) is 0 Å². The van der Waals surface area contributed by atoms with Gasteiger partial charge in [0.05, 0.1) is 6.61 Å². The van der Waals surface area contributed by atoms with Crippen molar-refractivity contribution in [2.24, 2.45) is 0 Å². The molecule has 0 spiro atoms. The van der Waals surface area contributed by atoms with E-state index in [0.29, 0.717) is 6.61 Å². The van der Waals surface area contributed by atoms with Gasteiger partial charge in [0, 0.05) is 11.9 Å². The maximum absolute atomic E-state index is 5.38. The fourth-order valence-corrected chi connectivity index (χ4v) is 1.29. The molecule has 0 radical (unpaired) electrons. The molecule has 0 N–H and O–H groups in total. The van der Waals surface area contributed by atoms with Crippen LogP contribution in [0.5, 0.6) is 0 Å². The van der Waals surface area contributed by atoms with E-state index in [1.807, 2.05) is 24.3 Å². The highest BCUT2D eigenvalue weighted by Crippen LogP contribution is 2.00. The molecule has 0 bridgehead atoms. The summed E-state index contributed by atoms with van der Waals surface area (Å²) in [5.74, 6) is 0. The number of hydrogen-bond acceptors (Lipinski definition) is 1. The van der Waals surface area contributed by atoms with Gasteiger partial charge >= 0.3 is 0 Å². The van der Waals surface area contributed by atoms with Crippen LogP contribution >= 0.6 is 15.9 Å². The number of benzene rings is 1. The van der Waals surface area contributed by atoms with Crippen LogP contribution in [0.25, 0.3) is 6.08 Å². The average Bonchev–Trinajstić information content (AvgIpc) is 2.25. The summed E-state index contributed by atoms with van der Waals surface area (Å²) >= 11 is 3.36. The van der Waals surface area contributed by atoms with Crippen LogP contribution in [0.3, 0.4) is 0 Å². The first-order valence-electron chi connectivity index (χ1n) is 4.79. The predicted octanol–water partition coefficient (Wildman–Crippen LogP) is 3.50. The van der Waals surface area contributed by atoms with Gasteiger partial charge in [-0.1, -0.05) is 58.4 Å². The second-order valence-electron chi connectivity index (χ2n) is 2.93. The van der Waals surface area contributed by atoms with Crippen molar-refractivity contribution < 1.29 is 4.74 Å². The standard InChI is InChI=1S/C12H15BrO/c13-9-5-11-14-10-4-8-12-6-2-1-3-7-12/h1-4,6-8H,5,9-11H2/b8-4+. The van der Waals surface area contributed by atoms with Crippen LogP contribution in [0.2, 0.25) is 0 Å². The number of rotatable bonds is 6. The molecule has 0 heterocycles. The molecule has 0 aliphatic rings. The lowest BCUT2D eigenvalue weighted by molar-refractivity contribution is 0.164. The summed E-state index contributed by atoms with van der Waals surface area (Å²) in [6.07, 6.45) is 5.19. The molecule has 0 fully saturated rings. The molecule has 1 aromatic rings. The van der Waals surface area contributed by atoms with Gasteiger partial charge in [-0.3, -0.25) is 0 Å². The Hall–Kier alpha value is -0.600. The molecule has 1 nitrogen and oxygen atoms in total. The van der Waals surface area contributed by atoms with Gasteiger partial charge in [-0.05, 0) is 12.0 Å². The Kier molecular flexibility index (Phi) is 6.37. The summed E-state index contributed by atoms with van der Waals surface area (Å²) in [5.41, 5.74) is 1.22. The Bertz CT molecular complexity index is 256. The van der Waals surface area contributed by atoms with Crippen LogP contribution in [0.15, 0.2) is 36.4 Å². The Morgan fingerprint density at radius 3 is 2.71 bits per heavy atom. The molecule has 0 saturated carbocycles. The van der Waals surface area contributed by atoms with E-state index >= 15 is 0 Å². The second kappa shape index (κ2) is 7.77. The van der Waals surface area contributed by atoms with Gasteiger partial charge in [-0.2, -0.15) is 0 Å². The smallest absolute Gasteiger partial charge is 0.0650 e. The van der Waals surface area contributed by atoms with E-state index in [2.05, 4.69) is 34.1 Å². The lowest BCUT2D eigenvalue weighted by Gasteiger charge is -1.97. The van der Waals surface area contributed by atoms with Crippen LogP contribution in [-0.2, 0) is 4.74 Å². The zero-order valence-corrected chi connectivity index (χ0v) is 9.74. The van der Waals surface area contributed by atoms with E-state index in [1.54, 1.807) is 0 Å². The quantitative estimate of drug-likeness (QED) is 0.558. The third-order valence-electron chi connectivity index (χ3n) is 1.75. The van der Waals surface area contributed by atoms with E-state index in [1.165, 1.54) is 5.56 Å². The molecular weight excluding hydrogens is 240 g/mol. The summed E-state index contributed by atoms with van der Waals surface area (Å²) in [5, 5.41) is 1.01. The van der Waals surface area contributed by atoms with Crippen LogP contribution in [0, 0.1) is 0 Å². The molecule has 0 atom stereocenters. The summed E-state index contributed by atoms with van der Waals surface area (Å²) < 4.78 is 5.38. The minimum atomic E-state index is 0.696. The van der Waals surface area contributed by atoms with Crippen molar-refractivity contribution >= 4 is 22.0 Å². The highest BCUT2D eigenvalue weighted by atomic mass is 79.9. The minimum absolute atomic E-state index is 0.696. The molecule has 0 aliphatic heterocycles. The number of ether oxygens (including phenoxy) is 1. The van der Waals surface area contributed by atoms with Crippen molar-refractivity contribution in [3.8, 4) is 0 Å². The normalized spacial score (nSPS) is 10.9. The first-order chi connectivity index (χ1) is 6.93. The Morgan fingerprint density at radius 1 is 1.21 bits per heavy atom. The first-order valence-corrected chi connectivity index (χ1v) is 5.91. The van der Waals surface area contributed by atoms with E-state index in [4.69, 9.17) is 4.74 Å². The van der Waals surface area contributed by atoms with Gasteiger partial charge in [0.2, 0.25) is 0 Å². The van der Waals surface area contributed by atoms with Crippen LogP contribution in [0.1, 0.15) is 12.0 Å². The van der Waals surface area contributed by atoms with Gasteiger partial charge in [0.1, 0.15) is 0 Å². The van der Waals surface area contributed by atoms with Crippen molar-refractivity contribution in [2.75, 3.05) is 18.5 Å². The monoisotopic (exact) mass is 254 g/mol.